The minimum atomic E-state index is -4.98. The van der Waals surface area contributed by atoms with Crippen molar-refractivity contribution in [3.8, 4) is 11.5 Å². The summed E-state index contributed by atoms with van der Waals surface area (Å²) in [5.41, 5.74) is 0. The normalized spacial score (nSPS) is 11.2. The monoisotopic (exact) mass is 188 g/mol. The highest BCUT2D eigenvalue weighted by atomic mass is 31.2. The lowest BCUT2D eigenvalue weighted by molar-refractivity contribution is -0.333. The van der Waals surface area contributed by atoms with Crippen molar-refractivity contribution in [3.05, 3.63) is 24.3 Å². The highest BCUT2D eigenvalue weighted by molar-refractivity contribution is 7.43. The Labute approximate surface area is 68.5 Å². The third-order valence-electron chi connectivity index (χ3n) is 1.05. The van der Waals surface area contributed by atoms with Crippen molar-refractivity contribution in [2.24, 2.45) is 0 Å². The highest BCUT2D eigenvalue weighted by Crippen LogP contribution is 2.29. The summed E-state index contributed by atoms with van der Waals surface area (Å²) in [6.45, 7) is 0. The maximum Gasteiger partial charge on any atom is 0.124 e. The lowest BCUT2D eigenvalue weighted by Crippen LogP contribution is -2.18. The van der Waals surface area contributed by atoms with E-state index < -0.39 is 7.82 Å². The van der Waals surface area contributed by atoms with Gasteiger partial charge < -0.3 is 24.0 Å². The first-order valence-electron chi connectivity index (χ1n) is 2.98. The summed E-state index contributed by atoms with van der Waals surface area (Å²) in [7, 11) is -4.98. The molecule has 66 valence electrons. The molecule has 0 aliphatic carbocycles. The molecule has 5 nitrogen and oxygen atoms in total. The fraction of sp³-hybridized carbons (Fsp3) is 0. The third-order valence-corrected chi connectivity index (χ3v) is 1.49. The van der Waals surface area contributed by atoms with Gasteiger partial charge in [-0.25, -0.2) is 0 Å². The highest BCUT2D eigenvalue weighted by Gasteiger charge is 1.95. The second-order valence-electron chi connectivity index (χ2n) is 2.03. The van der Waals surface area contributed by atoms with Gasteiger partial charge in [-0.2, -0.15) is 0 Å². The van der Waals surface area contributed by atoms with Crippen LogP contribution in [0, 0.1) is 0 Å². The summed E-state index contributed by atoms with van der Waals surface area (Å²) in [5.74, 6) is -0.143. The van der Waals surface area contributed by atoms with Gasteiger partial charge in [-0.1, -0.05) is 0 Å². The van der Waals surface area contributed by atoms with Crippen molar-refractivity contribution in [2.75, 3.05) is 0 Å². The third kappa shape index (κ3) is 2.92. The van der Waals surface area contributed by atoms with Gasteiger partial charge in [0.2, 0.25) is 0 Å². The SMILES string of the molecule is O=P([O-])([O-])Oc1ccc(O)cc1. The molecule has 0 aliphatic rings. The standard InChI is InChI=1S/C6H7O5P/c7-5-1-3-6(4-2-5)11-12(8,9)10/h1-4,7H,(H2,8,9,10)/p-2. The van der Waals surface area contributed by atoms with E-state index in [0.29, 0.717) is 0 Å². The van der Waals surface area contributed by atoms with Gasteiger partial charge >= 0.3 is 0 Å². The number of hydrogen-bond acceptors (Lipinski definition) is 5. The summed E-state index contributed by atoms with van der Waals surface area (Å²) in [5, 5.41) is 8.77. The minimum Gasteiger partial charge on any atom is -0.780 e. The Morgan fingerprint density at radius 3 is 2.17 bits per heavy atom. The maximum absolute atomic E-state index is 10.1. The predicted molar refractivity (Wildman–Crippen MR) is 36.3 cm³/mol. The summed E-state index contributed by atoms with van der Waals surface area (Å²) in [6, 6.07) is 4.78. The topological polar surface area (TPSA) is 92.7 Å². The van der Waals surface area contributed by atoms with E-state index in [-0.39, 0.29) is 11.5 Å². The van der Waals surface area contributed by atoms with Crippen LogP contribution in [0.5, 0.6) is 11.5 Å². The van der Waals surface area contributed by atoms with Gasteiger partial charge in [0.1, 0.15) is 19.3 Å². The van der Waals surface area contributed by atoms with Crippen molar-refractivity contribution in [3.63, 3.8) is 0 Å². The molecule has 0 aliphatic heterocycles. The number of benzene rings is 1. The van der Waals surface area contributed by atoms with Gasteiger partial charge in [-0.3, -0.25) is 0 Å². The second kappa shape index (κ2) is 3.15. The molecule has 1 rings (SSSR count). The molecule has 0 aromatic heterocycles. The van der Waals surface area contributed by atoms with E-state index in [2.05, 4.69) is 4.52 Å². The number of aromatic hydroxyl groups is 1. The van der Waals surface area contributed by atoms with Gasteiger partial charge in [0.15, 0.2) is 0 Å². The zero-order valence-corrected chi connectivity index (χ0v) is 6.73. The molecule has 1 aromatic rings. The molecule has 12 heavy (non-hydrogen) atoms. The van der Waals surface area contributed by atoms with Crippen LogP contribution in [-0.2, 0) is 4.57 Å². The molecule has 0 radical (unpaired) electrons. The molecule has 0 unspecified atom stereocenters. The van der Waals surface area contributed by atoms with Crippen molar-refractivity contribution in [1.82, 2.24) is 0 Å². The lowest BCUT2D eigenvalue weighted by Gasteiger charge is -2.28. The van der Waals surface area contributed by atoms with Crippen LogP contribution < -0.4 is 14.3 Å². The van der Waals surface area contributed by atoms with E-state index in [4.69, 9.17) is 5.11 Å². The van der Waals surface area contributed by atoms with Crippen LogP contribution in [0.25, 0.3) is 0 Å². The van der Waals surface area contributed by atoms with Crippen LogP contribution >= 0.6 is 7.82 Å². The molecule has 0 amide bonds. The van der Waals surface area contributed by atoms with E-state index in [1.54, 1.807) is 0 Å². The first-order chi connectivity index (χ1) is 5.47. The molecule has 0 fully saturated rings. The smallest absolute Gasteiger partial charge is 0.124 e. The van der Waals surface area contributed by atoms with Crippen LogP contribution in [0.1, 0.15) is 0 Å². The Hall–Kier alpha value is -1.03. The Morgan fingerprint density at radius 2 is 1.75 bits per heavy atom. The summed E-state index contributed by atoms with van der Waals surface area (Å²) in [6.07, 6.45) is 0. The zero-order valence-electron chi connectivity index (χ0n) is 5.84. The lowest BCUT2D eigenvalue weighted by atomic mass is 10.3. The quantitative estimate of drug-likeness (QED) is 0.637. The molecule has 0 saturated heterocycles. The van der Waals surface area contributed by atoms with Crippen LogP contribution in [0.15, 0.2) is 24.3 Å². The minimum absolute atomic E-state index is 0.0334. The average molecular weight is 188 g/mol. The van der Waals surface area contributed by atoms with Crippen LogP contribution in [0.4, 0.5) is 0 Å². The zero-order chi connectivity index (χ0) is 9.19. The number of phosphoric acid groups is 1. The molecule has 0 saturated carbocycles. The number of phenolic OH excluding ortho intramolecular Hbond substituents is 1. The Bertz CT molecular complexity index is 300. The average Bonchev–Trinajstić information content (AvgIpc) is 1.91. The summed E-state index contributed by atoms with van der Waals surface area (Å²) < 4.78 is 14.1. The first kappa shape index (κ1) is 9.06. The number of phosphoric ester groups is 1. The Kier molecular flexibility index (Phi) is 2.38. The van der Waals surface area contributed by atoms with Crippen molar-refractivity contribution in [2.45, 2.75) is 0 Å². The molecule has 0 spiro atoms. The Balaban J connectivity index is 2.78. The van der Waals surface area contributed by atoms with Crippen LogP contribution in [0.2, 0.25) is 0 Å². The van der Waals surface area contributed by atoms with E-state index >= 15 is 0 Å². The molecule has 0 atom stereocenters. The van der Waals surface area contributed by atoms with Crippen LogP contribution in [-0.4, -0.2) is 5.11 Å². The van der Waals surface area contributed by atoms with Crippen LogP contribution in [0.3, 0.4) is 0 Å². The molecule has 1 N–H and O–H groups in total. The van der Waals surface area contributed by atoms with E-state index in [1.165, 1.54) is 24.3 Å². The second-order valence-corrected chi connectivity index (χ2v) is 3.11. The molecular weight excluding hydrogens is 183 g/mol. The van der Waals surface area contributed by atoms with Gasteiger partial charge in [0.25, 0.3) is 0 Å². The Morgan fingerprint density at radius 1 is 1.25 bits per heavy atom. The number of rotatable bonds is 2. The van der Waals surface area contributed by atoms with E-state index in [1.807, 2.05) is 0 Å². The number of phenols is 1. The van der Waals surface area contributed by atoms with Gasteiger partial charge in [0.05, 0.1) is 0 Å². The molecule has 0 bridgehead atoms. The largest absolute Gasteiger partial charge is 0.780 e. The van der Waals surface area contributed by atoms with E-state index in [0.717, 1.165) is 0 Å². The first-order valence-corrected chi connectivity index (χ1v) is 4.44. The fourth-order valence-electron chi connectivity index (χ4n) is 0.636. The molecule has 1 aromatic carbocycles. The van der Waals surface area contributed by atoms with Crippen molar-refractivity contribution < 1.29 is 24.0 Å². The molecule has 6 heteroatoms. The molecular formula is C6H5O5P-2. The van der Waals surface area contributed by atoms with Crippen molar-refractivity contribution >= 4 is 7.82 Å². The van der Waals surface area contributed by atoms with Gasteiger partial charge in [0, 0.05) is 0 Å². The predicted octanol–water partition coefficient (Wildman–Crippen LogP) is -0.400. The summed E-state index contributed by atoms with van der Waals surface area (Å²) in [4.78, 5) is 20.1. The molecule has 0 heterocycles. The fourth-order valence-corrected chi connectivity index (χ4v) is 1.02. The summed E-state index contributed by atoms with van der Waals surface area (Å²) >= 11 is 0. The van der Waals surface area contributed by atoms with E-state index in [9.17, 15) is 14.4 Å². The van der Waals surface area contributed by atoms with Crippen molar-refractivity contribution in [1.29, 1.82) is 0 Å². The van der Waals surface area contributed by atoms with Gasteiger partial charge in [-0.05, 0) is 24.3 Å². The number of hydrogen-bond donors (Lipinski definition) is 1. The van der Waals surface area contributed by atoms with Gasteiger partial charge in [-0.15, -0.1) is 0 Å². The maximum atomic E-state index is 10.1.